The van der Waals surface area contributed by atoms with Gasteiger partial charge in [-0.2, -0.15) is 0 Å². The summed E-state index contributed by atoms with van der Waals surface area (Å²) >= 11 is 0. The molecule has 0 aromatic carbocycles. The lowest BCUT2D eigenvalue weighted by molar-refractivity contribution is 0.452. The maximum absolute atomic E-state index is 6.05. The average molecular weight is 371 g/mol. The van der Waals surface area contributed by atoms with E-state index in [9.17, 15) is 0 Å². The predicted octanol–water partition coefficient (Wildman–Crippen LogP) is 3.20. The molecule has 0 unspecified atom stereocenters. The van der Waals surface area contributed by atoms with Gasteiger partial charge in [-0.1, -0.05) is 5.57 Å². The number of hydrogen-bond acceptors (Lipinski definition) is 5. The van der Waals surface area contributed by atoms with Gasteiger partial charge in [-0.15, -0.1) is 6.58 Å². The molecule has 1 aliphatic carbocycles. The highest BCUT2D eigenvalue weighted by atomic mass is 15.1. The summed E-state index contributed by atoms with van der Waals surface area (Å²) in [6.45, 7) is 12.4. The molecule has 148 valence electrons. The summed E-state index contributed by atoms with van der Waals surface area (Å²) in [6, 6.07) is 0.520. The molecule has 2 atom stereocenters. The average Bonchev–Trinajstić information content (AvgIpc) is 3.22. The molecule has 1 saturated carbocycles. The summed E-state index contributed by atoms with van der Waals surface area (Å²) in [5, 5.41) is 8.12. The topological polar surface area (TPSA) is 80.8 Å². The van der Waals surface area contributed by atoms with Crippen molar-refractivity contribution >= 4 is 16.9 Å². The monoisotopic (exact) mass is 370 g/mol. The van der Waals surface area contributed by atoms with Crippen molar-refractivity contribution in [3.05, 3.63) is 30.2 Å². The number of aromatic nitrogens is 3. The molecule has 0 amide bonds. The van der Waals surface area contributed by atoms with Gasteiger partial charge in [-0.05, 0) is 83.6 Å². The van der Waals surface area contributed by atoms with Crippen LogP contribution in [0.2, 0.25) is 0 Å². The number of nitrogen functional groups attached to an aromatic ring is 1. The van der Waals surface area contributed by atoms with Crippen molar-refractivity contribution in [2.24, 2.45) is 5.92 Å². The van der Waals surface area contributed by atoms with Crippen molar-refractivity contribution in [1.29, 1.82) is 0 Å². The molecule has 2 heterocycles. The number of fused-ring (bicyclic) bond motifs is 1. The summed E-state index contributed by atoms with van der Waals surface area (Å²) in [5.41, 5.74) is 9.45. The third kappa shape index (κ3) is 5.08. The zero-order valence-corrected chi connectivity index (χ0v) is 16.8. The fourth-order valence-electron chi connectivity index (χ4n) is 4.13. The van der Waals surface area contributed by atoms with Crippen LogP contribution in [0.4, 0.5) is 5.82 Å². The third-order valence-corrected chi connectivity index (χ3v) is 5.60. The zero-order valence-electron chi connectivity index (χ0n) is 16.8. The molecule has 1 aliphatic rings. The van der Waals surface area contributed by atoms with Crippen molar-refractivity contribution in [2.75, 3.05) is 31.9 Å². The highest BCUT2D eigenvalue weighted by Gasteiger charge is 2.27. The fourth-order valence-corrected chi connectivity index (χ4v) is 4.13. The lowest BCUT2D eigenvalue weighted by Gasteiger charge is -2.15. The van der Waals surface area contributed by atoms with E-state index in [1.54, 1.807) is 6.33 Å². The Morgan fingerprint density at radius 1 is 1.26 bits per heavy atom. The number of hydrogen-bond donors (Lipinski definition) is 3. The molecular weight excluding hydrogens is 336 g/mol. The lowest BCUT2D eigenvalue weighted by atomic mass is 10.1. The Hall–Kier alpha value is -1.92. The van der Waals surface area contributed by atoms with Gasteiger partial charge in [0.05, 0.1) is 5.39 Å². The van der Waals surface area contributed by atoms with Crippen LogP contribution in [0.15, 0.2) is 24.7 Å². The van der Waals surface area contributed by atoms with Gasteiger partial charge in [0.15, 0.2) is 0 Å². The second-order valence-corrected chi connectivity index (χ2v) is 8.02. The molecule has 2 aromatic heterocycles. The third-order valence-electron chi connectivity index (χ3n) is 5.60. The molecule has 0 aliphatic heterocycles. The Balaban J connectivity index is 1.41. The number of anilines is 1. The molecule has 6 nitrogen and oxygen atoms in total. The Bertz CT molecular complexity index is 765. The van der Waals surface area contributed by atoms with E-state index >= 15 is 0 Å². The normalized spacial score (nSPS) is 19.8. The molecule has 0 radical (unpaired) electrons. The molecule has 6 heteroatoms. The van der Waals surface area contributed by atoms with Crippen LogP contribution in [0, 0.1) is 12.8 Å². The summed E-state index contributed by atoms with van der Waals surface area (Å²) in [7, 11) is 0. The molecule has 4 N–H and O–H groups in total. The predicted molar refractivity (Wildman–Crippen MR) is 113 cm³/mol. The second-order valence-electron chi connectivity index (χ2n) is 8.02. The van der Waals surface area contributed by atoms with E-state index in [0.717, 1.165) is 49.6 Å². The maximum atomic E-state index is 6.05. The Labute approximate surface area is 162 Å². The Morgan fingerprint density at radius 2 is 2.07 bits per heavy atom. The van der Waals surface area contributed by atoms with Crippen molar-refractivity contribution in [3.63, 3.8) is 0 Å². The fraction of sp³-hybridized carbons (Fsp3) is 0.619. The van der Waals surface area contributed by atoms with Crippen LogP contribution in [0.25, 0.3) is 11.0 Å². The highest BCUT2D eigenvalue weighted by Crippen LogP contribution is 2.37. The molecule has 2 aromatic rings. The molecule has 0 bridgehead atoms. The van der Waals surface area contributed by atoms with Gasteiger partial charge in [0.2, 0.25) is 0 Å². The van der Waals surface area contributed by atoms with E-state index in [4.69, 9.17) is 5.73 Å². The van der Waals surface area contributed by atoms with Gasteiger partial charge in [0, 0.05) is 12.2 Å². The van der Waals surface area contributed by atoms with Crippen molar-refractivity contribution in [3.8, 4) is 0 Å². The first kappa shape index (κ1) is 19.8. The van der Waals surface area contributed by atoms with Gasteiger partial charge in [0.25, 0.3) is 0 Å². The van der Waals surface area contributed by atoms with Gasteiger partial charge in [-0.3, -0.25) is 0 Å². The van der Waals surface area contributed by atoms with Crippen molar-refractivity contribution in [2.45, 2.75) is 52.0 Å². The van der Waals surface area contributed by atoms with Crippen LogP contribution in [0.3, 0.4) is 0 Å². The van der Waals surface area contributed by atoms with Crippen LogP contribution in [0.5, 0.6) is 0 Å². The number of nitrogens with zero attached hydrogens (tertiary/aromatic N) is 3. The van der Waals surface area contributed by atoms with Gasteiger partial charge in [-0.25, -0.2) is 9.97 Å². The molecule has 3 rings (SSSR count). The summed E-state index contributed by atoms with van der Waals surface area (Å²) in [5.74, 6) is 1.33. The van der Waals surface area contributed by atoms with Crippen molar-refractivity contribution in [1.82, 2.24) is 25.2 Å². The maximum Gasteiger partial charge on any atom is 0.145 e. The summed E-state index contributed by atoms with van der Waals surface area (Å²) in [6.07, 6.45) is 9.70. The van der Waals surface area contributed by atoms with Gasteiger partial charge < -0.3 is 20.9 Å². The van der Waals surface area contributed by atoms with E-state index in [-0.39, 0.29) is 0 Å². The first-order valence-electron chi connectivity index (χ1n) is 10.2. The van der Waals surface area contributed by atoms with Crippen molar-refractivity contribution < 1.29 is 0 Å². The quantitative estimate of drug-likeness (QED) is 0.442. The number of nitrogens with one attached hydrogen (secondary N) is 2. The van der Waals surface area contributed by atoms with Gasteiger partial charge in [0.1, 0.15) is 17.8 Å². The molecule has 1 fully saturated rings. The minimum absolute atomic E-state index is 0.520. The van der Waals surface area contributed by atoms with E-state index in [1.807, 2.05) is 0 Å². The molecular formula is C21H34N6. The van der Waals surface area contributed by atoms with E-state index in [1.165, 1.54) is 36.8 Å². The van der Waals surface area contributed by atoms with Crippen LogP contribution in [-0.2, 0) is 0 Å². The molecule has 0 saturated heterocycles. The largest absolute Gasteiger partial charge is 0.383 e. The number of aryl methyl sites for hydroxylation is 1. The van der Waals surface area contributed by atoms with E-state index < -0.39 is 0 Å². The van der Waals surface area contributed by atoms with E-state index in [0.29, 0.717) is 11.9 Å². The first-order chi connectivity index (χ1) is 13.1. The lowest BCUT2D eigenvalue weighted by Crippen LogP contribution is -2.26. The minimum Gasteiger partial charge on any atom is -0.383 e. The Kier molecular flexibility index (Phi) is 6.85. The Morgan fingerprint density at radius 3 is 2.89 bits per heavy atom. The second kappa shape index (κ2) is 9.33. The smallest absolute Gasteiger partial charge is 0.145 e. The van der Waals surface area contributed by atoms with E-state index in [2.05, 4.69) is 51.8 Å². The van der Waals surface area contributed by atoms with Crippen LogP contribution in [0.1, 0.15) is 50.6 Å². The van der Waals surface area contributed by atoms with Crippen LogP contribution in [-0.4, -0.2) is 40.7 Å². The number of nitrogens with two attached hydrogens (primary N) is 1. The SMILES string of the molecule is C=C(C)CCNCCCNC[C@@H]1CC[C@H](n2cc(C)c3c(N)ncnc32)C1. The molecule has 27 heavy (non-hydrogen) atoms. The number of rotatable bonds is 10. The van der Waals surface area contributed by atoms with Crippen LogP contribution < -0.4 is 16.4 Å². The zero-order chi connectivity index (χ0) is 19.2. The summed E-state index contributed by atoms with van der Waals surface area (Å²) < 4.78 is 2.33. The molecule has 0 spiro atoms. The first-order valence-corrected chi connectivity index (χ1v) is 10.2. The van der Waals surface area contributed by atoms with Crippen LogP contribution >= 0.6 is 0 Å². The minimum atomic E-state index is 0.520. The highest BCUT2D eigenvalue weighted by molar-refractivity contribution is 5.89. The standard InChI is InChI=1S/C21H34N6/c1-15(2)7-10-23-8-4-9-24-12-17-5-6-18(11-17)27-13-16(3)19-20(22)25-14-26-21(19)27/h13-14,17-18,23-24H,1,4-12H2,2-3H3,(H2,22,25,26)/t17-,18+/m1/s1. The van der Waals surface area contributed by atoms with Gasteiger partial charge >= 0.3 is 0 Å². The summed E-state index contributed by atoms with van der Waals surface area (Å²) in [4.78, 5) is 8.64.